The van der Waals surface area contributed by atoms with Crippen molar-refractivity contribution in [1.82, 2.24) is 0 Å². The van der Waals surface area contributed by atoms with Crippen molar-refractivity contribution in [3.63, 3.8) is 0 Å². The molecule has 6 atom stereocenters. The maximum absolute atomic E-state index is 11.0. The summed E-state index contributed by atoms with van der Waals surface area (Å²) in [6.45, 7) is 5.46. The molecule has 14 heavy (non-hydrogen) atoms. The molecule has 0 aliphatic carbocycles. The summed E-state index contributed by atoms with van der Waals surface area (Å²) >= 11 is -2.18. The highest BCUT2D eigenvalue weighted by Gasteiger charge is 2.66. The van der Waals surface area contributed by atoms with Gasteiger partial charge in [-0.1, -0.05) is 6.92 Å². The number of fused-ring (bicyclic) bond motifs is 2. The van der Waals surface area contributed by atoms with E-state index in [1.165, 1.54) is 0 Å². The van der Waals surface area contributed by atoms with Gasteiger partial charge in [-0.15, -0.1) is 0 Å². The van der Waals surface area contributed by atoms with E-state index in [2.05, 4.69) is 0 Å². The quantitative estimate of drug-likeness (QED) is 0.639. The molecule has 2 aliphatic rings. The van der Waals surface area contributed by atoms with E-state index < -0.39 is 33.6 Å². The lowest BCUT2D eigenvalue weighted by molar-refractivity contribution is -0.0559. The molecule has 2 fully saturated rings. The van der Waals surface area contributed by atoms with Gasteiger partial charge < -0.3 is 14.4 Å². The van der Waals surface area contributed by atoms with E-state index in [1.807, 2.05) is 13.8 Å². The number of aliphatic hydroxyl groups is 1. The van der Waals surface area contributed by atoms with Crippen molar-refractivity contribution in [2.24, 2.45) is 5.92 Å². The van der Waals surface area contributed by atoms with Crippen LogP contribution in [0.4, 0.5) is 0 Å². The van der Waals surface area contributed by atoms with Gasteiger partial charge in [0, 0.05) is 5.92 Å². The fourth-order valence-corrected chi connectivity index (χ4v) is 3.84. The molecule has 0 aromatic heterocycles. The Labute approximate surface area is 85.9 Å². The first-order valence-electron chi connectivity index (χ1n) is 4.77. The molecule has 2 rings (SSSR count). The van der Waals surface area contributed by atoms with E-state index in [1.54, 1.807) is 6.92 Å². The summed E-state index contributed by atoms with van der Waals surface area (Å²) in [5.74, 6) is -0.00713. The van der Waals surface area contributed by atoms with Gasteiger partial charge in [-0.25, -0.2) is 0 Å². The molecule has 82 valence electrons. The number of aliphatic hydroxyl groups excluding tert-OH is 1. The molecule has 0 aromatic carbocycles. The molecular formula is C9H15O4S-. The van der Waals surface area contributed by atoms with Crippen LogP contribution in [0.2, 0.25) is 0 Å². The van der Waals surface area contributed by atoms with Crippen molar-refractivity contribution in [3.05, 3.63) is 0 Å². The molecule has 2 aliphatic heterocycles. The minimum absolute atomic E-state index is 0.00713. The Morgan fingerprint density at radius 1 is 1.57 bits per heavy atom. The molecule has 2 bridgehead atoms. The van der Waals surface area contributed by atoms with Gasteiger partial charge in [0.1, 0.15) is 5.60 Å². The second-order valence-corrected chi connectivity index (χ2v) is 5.88. The zero-order valence-corrected chi connectivity index (χ0v) is 9.34. The van der Waals surface area contributed by atoms with Gasteiger partial charge in [0.15, 0.2) is 0 Å². The van der Waals surface area contributed by atoms with Crippen molar-refractivity contribution >= 4 is 11.1 Å². The lowest BCUT2D eigenvalue weighted by atomic mass is 9.74. The molecule has 1 N–H and O–H groups in total. The van der Waals surface area contributed by atoms with Crippen LogP contribution in [0.1, 0.15) is 27.2 Å². The lowest BCUT2D eigenvalue weighted by Crippen LogP contribution is -2.52. The van der Waals surface area contributed by atoms with Crippen LogP contribution in [0.5, 0.6) is 0 Å². The highest BCUT2D eigenvalue weighted by Crippen LogP contribution is 2.55. The Balaban J connectivity index is 2.38. The van der Waals surface area contributed by atoms with Crippen molar-refractivity contribution < 1.29 is 18.6 Å². The Kier molecular flexibility index (Phi) is 2.10. The second-order valence-electron chi connectivity index (χ2n) is 4.79. The molecule has 0 aromatic rings. The summed E-state index contributed by atoms with van der Waals surface area (Å²) in [6.07, 6.45) is -0.207. The first-order valence-corrected chi connectivity index (χ1v) is 5.91. The summed E-state index contributed by atoms with van der Waals surface area (Å²) < 4.78 is 27.7. The van der Waals surface area contributed by atoms with Crippen LogP contribution >= 0.6 is 0 Å². The van der Waals surface area contributed by atoms with Crippen molar-refractivity contribution in [1.29, 1.82) is 0 Å². The van der Waals surface area contributed by atoms with Gasteiger partial charge in [0.25, 0.3) is 0 Å². The van der Waals surface area contributed by atoms with Crippen LogP contribution < -0.4 is 0 Å². The topological polar surface area (TPSA) is 69.6 Å². The summed E-state index contributed by atoms with van der Waals surface area (Å²) in [7, 11) is 0. The number of rotatable bonds is 1. The standard InChI is InChI=1S/C9H16O4S/c1-5-7(10)9(3)6(14(11)12)4-8(5,2)13-9/h5-7,10H,4H2,1-3H3,(H,11,12)/p-1. The van der Waals surface area contributed by atoms with Crippen molar-refractivity contribution in [2.75, 3.05) is 0 Å². The minimum Gasteiger partial charge on any atom is -0.772 e. The first kappa shape index (κ1) is 10.5. The largest absolute Gasteiger partial charge is 0.772 e. The van der Waals surface area contributed by atoms with Gasteiger partial charge in [0.2, 0.25) is 0 Å². The smallest absolute Gasteiger partial charge is 0.106 e. The van der Waals surface area contributed by atoms with Crippen LogP contribution in [0.3, 0.4) is 0 Å². The van der Waals surface area contributed by atoms with Crippen LogP contribution in [-0.4, -0.2) is 36.4 Å². The average molecular weight is 219 g/mol. The number of hydrogen-bond donors (Lipinski definition) is 1. The Hall–Kier alpha value is 0.0300. The van der Waals surface area contributed by atoms with E-state index in [-0.39, 0.29) is 5.92 Å². The molecule has 0 amide bonds. The predicted octanol–water partition coefficient (Wildman–Crippen LogP) is 0.182. The third-order valence-electron chi connectivity index (χ3n) is 3.94. The maximum Gasteiger partial charge on any atom is 0.106 e. The SMILES string of the molecule is CC1C(O)C2(C)OC1(C)CC2S(=O)[O-]. The molecule has 0 radical (unpaired) electrons. The summed E-state index contributed by atoms with van der Waals surface area (Å²) in [4.78, 5) is 0. The van der Waals surface area contributed by atoms with E-state index >= 15 is 0 Å². The van der Waals surface area contributed by atoms with E-state index in [4.69, 9.17) is 4.74 Å². The molecule has 2 heterocycles. The van der Waals surface area contributed by atoms with Gasteiger partial charge in [-0.3, -0.25) is 4.21 Å². The highest BCUT2D eigenvalue weighted by molar-refractivity contribution is 7.79. The van der Waals surface area contributed by atoms with E-state index in [0.717, 1.165) is 0 Å². The molecule has 2 saturated heterocycles. The normalized spacial score (nSPS) is 59.1. The molecular weight excluding hydrogens is 204 g/mol. The Morgan fingerprint density at radius 3 is 2.50 bits per heavy atom. The van der Waals surface area contributed by atoms with Gasteiger partial charge >= 0.3 is 0 Å². The zero-order valence-electron chi connectivity index (χ0n) is 8.52. The molecule has 0 saturated carbocycles. The van der Waals surface area contributed by atoms with Crippen LogP contribution in [-0.2, 0) is 15.8 Å². The van der Waals surface area contributed by atoms with Crippen LogP contribution in [0.15, 0.2) is 0 Å². The summed E-state index contributed by atoms with van der Waals surface area (Å²) in [5.41, 5.74) is -1.40. The number of hydrogen-bond acceptors (Lipinski definition) is 4. The van der Waals surface area contributed by atoms with E-state index in [0.29, 0.717) is 6.42 Å². The van der Waals surface area contributed by atoms with Crippen molar-refractivity contribution in [3.8, 4) is 0 Å². The molecule has 5 heteroatoms. The monoisotopic (exact) mass is 219 g/mol. The van der Waals surface area contributed by atoms with Crippen LogP contribution in [0, 0.1) is 5.92 Å². The molecule has 0 spiro atoms. The summed E-state index contributed by atoms with van der Waals surface area (Å²) in [5, 5.41) is 9.35. The predicted molar refractivity (Wildman–Crippen MR) is 50.4 cm³/mol. The van der Waals surface area contributed by atoms with Gasteiger partial charge in [-0.05, 0) is 31.3 Å². The molecule has 6 unspecified atom stereocenters. The lowest BCUT2D eigenvalue weighted by Gasteiger charge is -2.37. The third-order valence-corrected chi connectivity index (χ3v) is 5.04. The van der Waals surface area contributed by atoms with Gasteiger partial charge in [-0.2, -0.15) is 0 Å². The minimum atomic E-state index is -2.18. The second kappa shape index (κ2) is 2.78. The number of ether oxygens (including phenoxy) is 1. The van der Waals surface area contributed by atoms with Crippen LogP contribution in [0.25, 0.3) is 0 Å². The fraction of sp³-hybridized carbons (Fsp3) is 1.00. The molecule has 4 nitrogen and oxygen atoms in total. The van der Waals surface area contributed by atoms with Crippen molar-refractivity contribution in [2.45, 2.75) is 49.7 Å². The average Bonchev–Trinajstić information content (AvgIpc) is 2.44. The fourth-order valence-electron chi connectivity index (χ4n) is 2.80. The van der Waals surface area contributed by atoms with Gasteiger partial charge in [0.05, 0.1) is 17.0 Å². The maximum atomic E-state index is 11.0. The third kappa shape index (κ3) is 1.07. The zero-order chi connectivity index (χ0) is 10.7. The summed E-state index contributed by atoms with van der Waals surface area (Å²) in [6, 6.07) is 0. The first-order chi connectivity index (χ1) is 6.31. The Bertz CT molecular complexity index is 295. The highest BCUT2D eigenvalue weighted by atomic mass is 32.2. The van der Waals surface area contributed by atoms with E-state index in [9.17, 15) is 13.9 Å². The Morgan fingerprint density at radius 2 is 2.14 bits per heavy atom.